The van der Waals surface area contributed by atoms with Gasteiger partial charge >= 0.3 is 0 Å². The number of nitrogens with two attached hydrogens (primary N) is 1. The Labute approximate surface area is 108 Å². The second-order valence-corrected chi connectivity index (χ2v) is 5.81. The van der Waals surface area contributed by atoms with Crippen LogP contribution >= 0.6 is 0 Å². The normalized spacial score (nSPS) is 17.6. The highest BCUT2D eigenvalue weighted by molar-refractivity contribution is 5.84. The average molecular weight is 243 g/mol. The van der Waals surface area contributed by atoms with Crippen molar-refractivity contribution in [2.24, 2.45) is 5.73 Å². The summed E-state index contributed by atoms with van der Waals surface area (Å²) in [6.07, 6.45) is 2.34. The first-order valence-corrected chi connectivity index (χ1v) is 6.61. The number of aryl methyl sites for hydroxylation is 1. The number of fused-ring (bicyclic) bond motifs is 1. The molecule has 0 bridgehead atoms. The predicted molar refractivity (Wildman–Crippen MR) is 75.5 cm³/mol. The van der Waals surface area contributed by atoms with Crippen LogP contribution in [0.1, 0.15) is 24.1 Å². The number of benzene rings is 1. The average Bonchev–Trinajstić information content (AvgIpc) is 2.95. The lowest BCUT2D eigenvalue weighted by Gasteiger charge is -2.20. The fraction of sp³-hybridized carbons (Fsp3) is 0.467. The van der Waals surface area contributed by atoms with Crippen molar-refractivity contribution < 1.29 is 0 Å². The Morgan fingerprint density at radius 1 is 1.33 bits per heavy atom. The molecule has 1 aromatic heterocycles. The van der Waals surface area contributed by atoms with E-state index in [9.17, 15) is 0 Å². The Bertz CT molecular complexity index is 566. The summed E-state index contributed by atoms with van der Waals surface area (Å²) in [5.41, 5.74) is 10.2. The molecule has 1 aromatic carbocycles. The number of nitrogens with zero attached hydrogens (tertiary/aromatic N) is 1. The number of hydrogen-bond donors (Lipinski definition) is 2. The molecule has 1 aliphatic carbocycles. The first-order chi connectivity index (χ1) is 8.57. The van der Waals surface area contributed by atoms with E-state index in [-0.39, 0.29) is 5.54 Å². The lowest BCUT2D eigenvalue weighted by atomic mass is 10.1. The van der Waals surface area contributed by atoms with Crippen LogP contribution in [0, 0.1) is 6.92 Å². The minimum Gasteiger partial charge on any atom is -0.358 e. The summed E-state index contributed by atoms with van der Waals surface area (Å²) in [6, 6.07) is 8.50. The van der Waals surface area contributed by atoms with Crippen LogP contribution in [-0.2, 0) is 6.54 Å². The number of hydrogen-bond acceptors (Lipinski definition) is 2. The molecule has 1 saturated carbocycles. The van der Waals surface area contributed by atoms with Crippen LogP contribution in [0.15, 0.2) is 24.3 Å². The number of nitrogens with one attached hydrogen (secondary N) is 1. The predicted octanol–water partition coefficient (Wildman–Crippen LogP) is 2.40. The van der Waals surface area contributed by atoms with Gasteiger partial charge in [0.05, 0.1) is 0 Å². The van der Waals surface area contributed by atoms with Crippen molar-refractivity contribution in [3.63, 3.8) is 0 Å². The van der Waals surface area contributed by atoms with Gasteiger partial charge in [-0.2, -0.15) is 0 Å². The van der Waals surface area contributed by atoms with E-state index < -0.39 is 0 Å². The summed E-state index contributed by atoms with van der Waals surface area (Å²) < 4.78 is 0. The van der Waals surface area contributed by atoms with Gasteiger partial charge in [-0.1, -0.05) is 18.2 Å². The van der Waals surface area contributed by atoms with Gasteiger partial charge in [-0.15, -0.1) is 0 Å². The fourth-order valence-corrected chi connectivity index (χ4v) is 2.72. The summed E-state index contributed by atoms with van der Waals surface area (Å²) >= 11 is 0. The van der Waals surface area contributed by atoms with Gasteiger partial charge < -0.3 is 15.6 Å². The van der Waals surface area contributed by atoms with Crippen molar-refractivity contribution in [3.8, 4) is 0 Å². The molecule has 3 nitrogen and oxygen atoms in total. The van der Waals surface area contributed by atoms with Gasteiger partial charge in [-0.3, -0.25) is 0 Å². The number of para-hydroxylation sites is 1. The Morgan fingerprint density at radius 2 is 2.06 bits per heavy atom. The van der Waals surface area contributed by atoms with Crippen LogP contribution in [0.25, 0.3) is 10.9 Å². The van der Waals surface area contributed by atoms with Crippen molar-refractivity contribution in [1.29, 1.82) is 0 Å². The van der Waals surface area contributed by atoms with Gasteiger partial charge in [-0.05, 0) is 38.4 Å². The highest BCUT2D eigenvalue weighted by atomic mass is 15.1. The summed E-state index contributed by atoms with van der Waals surface area (Å²) in [4.78, 5) is 5.80. The third kappa shape index (κ3) is 2.16. The smallest absolute Gasteiger partial charge is 0.0459 e. The zero-order valence-corrected chi connectivity index (χ0v) is 11.2. The maximum absolute atomic E-state index is 6.18. The van der Waals surface area contributed by atoms with Gasteiger partial charge in [-0.25, -0.2) is 0 Å². The van der Waals surface area contributed by atoms with Crippen molar-refractivity contribution in [2.75, 3.05) is 13.6 Å². The highest BCUT2D eigenvalue weighted by Crippen LogP contribution is 2.33. The number of rotatable bonds is 4. The molecular weight excluding hydrogens is 222 g/mol. The first-order valence-electron chi connectivity index (χ1n) is 6.61. The molecule has 0 aliphatic heterocycles. The molecule has 0 atom stereocenters. The molecule has 0 radical (unpaired) electrons. The number of aromatic nitrogens is 1. The molecule has 1 heterocycles. The van der Waals surface area contributed by atoms with Gasteiger partial charge in [0.15, 0.2) is 0 Å². The Morgan fingerprint density at radius 3 is 2.78 bits per heavy atom. The van der Waals surface area contributed by atoms with Gasteiger partial charge in [0, 0.05) is 35.2 Å². The quantitative estimate of drug-likeness (QED) is 0.866. The van der Waals surface area contributed by atoms with E-state index in [1.807, 2.05) is 0 Å². The second-order valence-electron chi connectivity index (χ2n) is 5.81. The Hall–Kier alpha value is -1.32. The van der Waals surface area contributed by atoms with E-state index in [1.54, 1.807) is 0 Å². The third-order valence-electron chi connectivity index (χ3n) is 3.93. The van der Waals surface area contributed by atoms with E-state index >= 15 is 0 Å². The number of likely N-dealkylation sites (N-methyl/N-ethyl adjacent to an activating group) is 1. The van der Waals surface area contributed by atoms with Crippen LogP contribution in [0.3, 0.4) is 0 Å². The lowest BCUT2D eigenvalue weighted by Crippen LogP contribution is -2.36. The van der Waals surface area contributed by atoms with Crippen molar-refractivity contribution in [2.45, 2.75) is 31.8 Å². The van der Waals surface area contributed by atoms with Crippen LogP contribution < -0.4 is 5.73 Å². The zero-order valence-electron chi connectivity index (χ0n) is 11.2. The zero-order chi connectivity index (χ0) is 12.8. The topological polar surface area (TPSA) is 45.0 Å². The van der Waals surface area contributed by atoms with Crippen molar-refractivity contribution >= 4 is 10.9 Å². The van der Waals surface area contributed by atoms with Gasteiger partial charge in [0.1, 0.15) is 0 Å². The molecule has 1 fully saturated rings. The Kier molecular flexibility index (Phi) is 2.68. The standard InChI is InChI=1S/C15H21N3/c1-11-13(9-18(2)10-15(16)7-8-15)12-5-3-4-6-14(12)17-11/h3-6,17H,7-10,16H2,1-2H3. The first kappa shape index (κ1) is 11.8. The molecule has 0 amide bonds. The van der Waals surface area contributed by atoms with E-state index in [0.717, 1.165) is 13.1 Å². The van der Waals surface area contributed by atoms with Gasteiger partial charge in [0.2, 0.25) is 0 Å². The van der Waals surface area contributed by atoms with Crippen LogP contribution in [-0.4, -0.2) is 29.0 Å². The van der Waals surface area contributed by atoms with E-state index in [2.05, 4.69) is 48.1 Å². The van der Waals surface area contributed by atoms with Crippen molar-refractivity contribution in [3.05, 3.63) is 35.5 Å². The monoisotopic (exact) mass is 243 g/mol. The molecule has 2 aromatic rings. The Balaban J connectivity index is 1.83. The molecule has 0 saturated heterocycles. The molecular formula is C15H21N3. The molecule has 96 valence electrons. The summed E-state index contributed by atoms with van der Waals surface area (Å²) in [5, 5.41) is 1.34. The second kappa shape index (κ2) is 4.11. The molecule has 3 N–H and O–H groups in total. The SMILES string of the molecule is Cc1[nH]c2ccccc2c1CN(C)CC1(N)CC1. The summed E-state index contributed by atoms with van der Waals surface area (Å²) in [5.74, 6) is 0. The van der Waals surface area contributed by atoms with E-state index in [0.29, 0.717) is 0 Å². The highest BCUT2D eigenvalue weighted by Gasteiger charge is 2.38. The van der Waals surface area contributed by atoms with Crippen molar-refractivity contribution in [1.82, 2.24) is 9.88 Å². The molecule has 18 heavy (non-hydrogen) atoms. The third-order valence-corrected chi connectivity index (χ3v) is 3.93. The minimum atomic E-state index is 0.0920. The van der Waals surface area contributed by atoms with Gasteiger partial charge in [0.25, 0.3) is 0 Å². The van der Waals surface area contributed by atoms with Crippen LogP contribution in [0.5, 0.6) is 0 Å². The number of H-pyrrole nitrogens is 1. The minimum absolute atomic E-state index is 0.0920. The lowest BCUT2D eigenvalue weighted by molar-refractivity contribution is 0.296. The maximum atomic E-state index is 6.18. The summed E-state index contributed by atoms with van der Waals surface area (Å²) in [7, 11) is 2.16. The fourth-order valence-electron chi connectivity index (χ4n) is 2.72. The largest absolute Gasteiger partial charge is 0.358 e. The molecule has 1 aliphatic rings. The van der Waals surface area contributed by atoms with E-state index in [1.165, 1.54) is 35.0 Å². The maximum Gasteiger partial charge on any atom is 0.0459 e. The summed E-state index contributed by atoms with van der Waals surface area (Å²) in [6.45, 7) is 4.11. The molecule has 3 rings (SSSR count). The molecule has 3 heteroatoms. The molecule has 0 unspecified atom stereocenters. The number of aromatic amines is 1. The molecule has 0 spiro atoms. The van der Waals surface area contributed by atoms with Crippen LogP contribution in [0.4, 0.5) is 0 Å². The van der Waals surface area contributed by atoms with Crippen LogP contribution in [0.2, 0.25) is 0 Å². The van der Waals surface area contributed by atoms with E-state index in [4.69, 9.17) is 5.73 Å².